The fraction of sp³-hybridized carbons (Fsp3) is 0.200. The number of hydrogen-bond donors (Lipinski definition) is 0. The van der Waals surface area contributed by atoms with Crippen molar-refractivity contribution in [3.8, 4) is 0 Å². The van der Waals surface area contributed by atoms with Crippen LogP contribution >= 0.6 is 15.9 Å². The third-order valence-electron chi connectivity index (χ3n) is 2.94. The van der Waals surface area contributed by atoms with Crippen molar-refractivity contribution in [2.45, 2.75) is 12.3 Å². The lowest BCUT2D eigenvalue weighted by molar-refractivity contribution is 0.626. The fourth-order valence-electron chi connectivity index (χ4n) is 2.01. The molecule has 0 saturated carbocycles. The Morgan fingerprint density at radius 3 is 2.56 bits per heavy atom. The van der Waals surface area contributed by atoms with E-state index in [0.717, 1.165) is 16.8 Å². The van der Waals surface area contributed by atoms with Crippen LogP contribution in [0.25, 0.3) is 0 Å². The van der Waals surface area contributed by atoms with Crippen molar-refractivity contribution in [3.05, 3.63) is 59.4 Å². The highest BCUT2D eigenvalue weighted by atomic mass is 79.9. The van der Waals surface area contributed by atoms with Crippen molar-refractivity contribution < 1.29 is 4.39 Å². The van der Waals surface area contributed by atoms with E-state index in [1.165, 1.54) is 6.07 Å². The number of nitrogens with zero attached hydrogens (tertiary/aromatic N) is 1. The summed E-state index contributed by atoms with van der Waals surface area (Å²) in [7, 11) is 1.89. The summed E-state index contributed by atoms with van der Waals surface area (Å²) in [4.78, 5) is 1.89. The summed E-state index contributed by atoms with van der Waals surface area (Å²) in [5.74, 6) is -0.198. The Bertz CT molecular complexity index is 554. The van der Waals surface area contributed by atoms with Crippen LogP contribution in [-0.4, -0.2) is 7.05 Å². The molecule has 0 atom stereocenters. The number of halogens is 2. The van der Waals surface area contributed by atoms with E-state index in [-0.39, 0.29) is 5.82 Å². The maximum absolute atomic E-state index is 14.0. The SMILES string of the molecule is Cc1cccc(N(C)c2c(F)cccc2CBr)c1. The van der Waals surface area contributed by atoms with Gasteiger partial charge in [0.2, 0.25) is 0 Å². The molecule has 3 heteroatoms. The average molecular weight is 308 g/mol. The fourth-order valence-corrected chi connectivity index (χ4v) is 2.46. The van der Waals surface area contributed by atoms with Crippen molar-refractivity contribution in [1.82, 2.24) is 0 Å². The van der Waals surface area contributed by atoms with E-state index in [4.69, 9.17) is 0 Å². The summed E-state index contributed by atoms with van der Waals surface area (Å²) < 4.78 is 14.0. The van der Waals surface area contributed by atoms with Crippen molar-refractivity contribution in [2.24, 2.45) is 0 Å². The highest BCUT2D eigenvalue weighted by Crippen LogP contribution is 2.31. The summed E-state index contributed by atoms with van der Waals surface area (Å²) in [6.45, 7) is 2.03. The Kier molecular flexibility index (Phi) is 4.02. The number of alkyl halides is 1. The van der Waals surface area contributed by atoms with Crippen LogP contribution < -0.4 is 4.90 Å². The zero-order valence-corrected chi connectivity index (χ0v) is 12.0. The Hall–Kier alpha value is -1.35. The van der Waals surface area contributed by atoms with Crippen molar-refractivity contribution in [3.63, 3.8) is 0 Å². The van der Waals surface area contributed by atoms with Gasteiger partial charge in [0.05, 0.1) is 5.69 Å². The molecule has 2 aromatic rings. The first-order valence-corrected chi connectivity index (χ1v) is 6.89. The van der Waals surface area contributed by atoms with Crippen LogP contribution in [0.3, 0.4) is 0 Å². The van der Waals surface area contributed by atoms with Crippen LogP contribution in [0.5, 0.6) is 0 Å². The van der Waals surface area contributed by atoms with Gasteiger partial charge in [0, 0.05) is 18.1 Å². The van der Waals surface area contributed by atoms with Gasteiger partial charge in [0.15, 0.2) is 0 Å². The molecular weight excluding hydrogens is 293 g/mol. The average Bonchev–Trinajstić information content (AvgIpc) is 2.37. The minimum Gasteiger partial charge on any atom is -0.342 e. The molecule has 2 aromatic carbocycles. The first kappa shape index (κ1) is 13.1. The van der Waals surface area contributed by atoms with Gasteiger partial charge in [-0.25, -0.2) is 4.39 Å². The Morgan fingerprint density at radius 1 is 1.17 bits per heavy atom. The standard InChI is InChI=1S/C15H15BrFN/c1-11-5-3-7-13(9-11)18(2)15-12(10-16)6-4-8-14(15)17/h3-9H,10H2,1-2H3. The number of aryl methyl sites for hydroxylation is 1. The molecule has 0 spiro atoms. The maximum Gasteiger partial charge on any atom is 0.147 e. The lowest BCUT2D eigenvalue weighted by Crippen LogP contribution is -2.13. The molecule has 0 fully saturated rings. The number of anilines is 2. The molecule has 0 aliphatic heterocycles. The van der Waals surface area contributed by atoms with Gasteiger partial charge in [0.25, 0.3) is 0 Å². The van der Waals surface area contributed by atoms with Crippen LogP contribution in [0.15, 0.2) is 42.5 Å². The summed E-state index contributed by atoms with van der Waals surface area (Å²) in [5, 5.41) is 0.635. The van der Waals surface area contributed by atoms with Crippen molar-refractivity contribution >= 4 is 27.3 Å². The second-order valence-corrected chi connectivity index (χ2v) is 4.84. The largest absolute Gasteiger partial charge is 0.342 e. The van der Waals surface area contributed by atoms with Gasteiger partial charge in [-0.1, -0.05) is 40.2 Å². The van der Waals surface area contributed by atoms with Crippen LogP contribution in [0.4, 0.5) is 15.8 Å². The molecule has 0 aliphatic carbocycles. The number of benzene rings is 2. The van der Waals surface area contributed by atoms with Gasteiger partial charge in [0.1, 0.15) is 5.82 Å². The smallest absolute Gasteiger partial charge is 0.147 e. The zero-order chi connectivity index (χ0) is 13.1. The third-order valence-corrected chi connectivity index (χ3v) is 3.54. The van der Waals surface area contributed by atoms with Crippen LogP contribution in [0, 0.1) is 12.7 Å². The highest BCUT2D eigenvalue weighted by Gasteiger charge is 2.13. The van der Waals surface area contributed by atoms with E-state index in [0.29, 0.717) is 11.0 Å². The van der Waals surface area contributed by atoms with Gasteiger partial charge in [-0.05, 0) is 36.2 Å². The predicted molar refractivity (Wildman–Crippen MR) is 78.3 cm³/mol. The molecule has 1 nitrogen and oxygen atoms in total. The molecule has 0 bridgehead atoms. The topological polar surface area (TPSA) is 3.24 Å². The number of hydrogen-bond acceptors (Lipinski definition) is 1. The van der Waals surface area contributed by atoms with E-state index in [9.17, 15) is 4.39 Å². The van der Waals surface area contributed by atoms with Gasteiger partial charge in [-0.2, -0.15) is 0 Å². The van der Waals surface area contributed by atoms with Gasteiger partial charge >= 0.3 is 0 Å². The number of rotatable bonds is 3. The summed E-state index contributed by atoms with van der Waals surface area (Å²) >= 11 is 3.40. The quantitative estimate of drug-likeness (QED) is 0.736. The molecule has 0 heterocycles. The first-order valence-electron chi connectivity index (χ1n) is 5.77. The molecule has 94 valence electrons. The molecular formula is C15H15BrFN. The van der Waals surface area contributed by atoms with E-state index >= 15 is 0 Å². The molecule has 0 saturated heterocycles. The lowest BCUT2D eigenvalue weighted by Gasteiger charge is -2.23. The van der Waals surface area contributed by atoms with Gasteiger partial charge in [-0.15, -0.1) is 0 Å². The molecule has 0 aliphatic rings. The van der Waals surface area contributed by atoms with Crippen LogP contribution in [0.2, 0.25) is 0 Å². The van der Waals surface area contributed by atoms with Gasteiger partial charge in [-0.3, -0.25) is 0 Å². The molecule has 0 aromatic heterocycles. The van der Waals surface area contributed by atoms with E-state index in [1.54, 1.807) is 6.07 Å². The molecule has 0 amide bonds. The molecule has 0 unspecified atom stereocenters. The van der Waals surface area contributed by atoms with Crippen molar-refractivity contribution in [1.29, 1.82) is 0 Å². The minimum absolute atomic E-state index is 0.198. The summed E-state index contributed by atoms with van der Waals surface area (Å²) in [6, 6.07) is 13.2. The van der Waals surface area contributed by atoms with E-state index in [2.05, 4.69) is 15.9 Å². The van der Waals surface area contributed by atoms with Gasteiger partial charge < -0.3 is 4.90 Å². The van der Waals surface area contributed by atoms with E-state index in [1.807, 2.05) is 49.2 Å². The Labute approximate surface area is 115 Å². The normalized spacial score (nSPS) is 10.4. The number of para-hydroxylation sites is 1. The van der Waals surface area contributed by atoms with Crippen LogP contribution in [0.1, 0.15) is 11.1 Å². The zero-order valence-electron chi connectivity index (χ0n) is 10.5. The second-order valence-electron chi connectivity index (χ2n) is 4.28. The Morgan fingerprint density at radius 2 is 1.89 bits per heavy atom. The first-order chi connectivity index (χ1) is 8.63. The highest BCUT2D eigenvalue weighted by molar-refractivity contribution is 9.08. The van der Waals surface area contributed by atoms with Crippen LogP contribution in [-0.2, 0) is 5.33 Å². The Balaban J connectivity index is 2.48. The summed E-state index contributed by atoms with van der Waals surface area (Å²) in [5.41, 5.74) is 3.72. The maximum atomic E-state index is 14.0. The molecule has 0 radical (unpaired) electrons. The van der Waals surface area contributed by atoms with Crippen molar-refractivity contribution in [2.75, 3.05) is 11.9 Å². The molecule has 0 N–H and O–H groups in total. The summed E-state index contributed by atoms with van der Waals surface area (Å²) in [6.07, 6.45) is 0. The minimum atomic E-state index is -0.198. The molecule has 18 heavy (non-hydrogen) atoms. The lowest BCUT2D eigenvalue weighted by atomic mass is 10.1. The monoisotopic (exact) mass is 307 g/mol. The second kappa shape index (κ2) is 5.53. The van der Waals surface area contributed by atoms with E-state index < -0.39 is 0 Å². The third kappa shape index (κ3) is 2.56. The predicted octanol–water partition coefficient (Wildman–Crippen LogP) is 4.80. The molecule has 2 rings (SSSR count).